The average Bonchev–Trinajstić information content (AvgIpc) is 2.86. The quantitative estimate of drug-likeness (QED) is 0.535. The Balaban J connectivity index is 1.89. The van der Waals surface area contributed by atoms with E-state index in [1.165, 1.54) is 0 Å². The number of rotatable bonds is 2. The van der Waals surface area contributed by atoms with Gasteiger partial charge in [0.25, 0.3) is 0 Å². The normalized spacial score (nSPS) is 10.7. The fourth-order valence-corrected chi connectivity index (χ4v) is 2.28. The number of halogens is 1. The first kappa shape index (κ1) is 12.8. The van der Waals surface area contributed by atoms with Crippen LogP contribution in [0, 0.1) is 6.92 Å². The lowest BCUT2D eigenvalue weighted by atomic mass is 10.2. The SMILES string of the molecule is Cc1cc(Br)ccc1OC(=O)c1cn2cccnc2n1. The van der Waals surface area contributed by atoms with Crippen molar-refractivity contribution < 1.29 is 9.53 Å². The van der Waals surface area contributed by atoms with Gasteiger partial charge < -0.3 is 4.74 Å². The lowest BCUT2D eigenvalue weighted by Crippen LogP contribution is -2.09. The zero-order valence-electron chi connectivity index (χ0n) is 10.6. The number of fused-ring (bicyclic) bond motifs is 1. The maximum atomic E-state index is 12.1. The summed E-state index contributed by atoms with van der Waals surface area (Å²) in [7, 11) is 0. The zero-order chi connectivity index (χ0) is 14.1. The highest BCUT2D eigenvalue weighted by Gasteiger charge is 2.14. The molecule has 0 aliphatic rings. The van der Waals surface area contributed by atoms with Crippen molar-refractivity contribution >= 4 is 27.7 Å². The molecule has 2 heterocycles. The lowest BCUT2D eigenvalue weighted by Gasteiger charge is -2.05. The molecule has 6 heteroatoms. The largest absolute Gasteiger partial charge is 0.421 e. The summed E-state index contributed by atoms with van der Waals surface area (Å²) in [6, 6.07) is 7.21. The lowest BCUT2D eigenvalue weighted by molar-refractivity contribution is 0.0728. The summed E-state index contributed by atoms with van der Waals surface area (Å²) in [6.07, 6.45) is 4.99. The first-order valence-electron chi connectivity index (χ1n) is 5.91. The van der Waals surface area contributed by atoms with Crippen LogP contribution in [0.3, 0.4) is 0 Å². The van der Waals surface area contributed by atoms with Gasteiger partial charge in [-0.2, -0.15) is 0 Å². The van der Waals surface area contributed by atoms with Crippen LogP contribution in [0.25, 0.3) is 5.78 Å². The molecule has 3 rings (SSSR count). The van der Waals surface area contributed by atoms with Crippen molar-refractivity contribution in [2.75, 3.05) is 0 Å². The Morgan fingerprint density at radius 1 is 1.40 bits per heavy atom. The minimum Gasteiger partial charge on any atom is -0.421 e. The second kappa shape index (κ2) is 5.05. The molecule has 0 spiro atoms. The topological polar surface area (TPSA) is 56.5 Å². The smallest absolute Gasteiger partial charge is 0.364 e. The predicted octanol–water partition coefficient (Wildman–Crippen LogP) is 3.02. The number of carbonyl (C=O) groups is 1. The third-order valence-electron chi connectivity index (χ3n) is 2.78. The van der Waals surface area contributed by atoms with E-state index in [2.05, 4.69) is 25.9 Å². The van der Waals surface area contributed by atoms with Crippen molar-refractivity contribution in [2.24, 2.45) is 0 Å². The first-order valence-corrected chi connectivity index (χ1v) is 6.71. The molecule has 100 valence electrons. The van der Waals surface area contributed by atoms with E-state index >= 15 is 0 Å². The molecule has 0 fully saturated rings. The molecule has 0 atom stereocenters. The van der Waals surface area contributed by atoms with Crippen molar-refractivity contribution in [1.82, 2.24) is 14.4 Å². The second-order valence-electron chi connectivity index (χ2n) is 4.25. The van der Waals surface area contributed by atoms with E-state index < -0.39 is 5.97 Å². The summed E-state index contributed by atoms with van der Waals surface area (Å²) in [5, 5.41) is 0. The fraction of sp³-hybridized carbons (Fsp3) is 0.0714. The summed E-state index contributed by atoms with van der Waals surface area (Å²) in [6.45, 7) is 1.87. The summed E-state index contributed by atoms with van der Waals surface area (Å²) in [4.78, 5) is 20.3. The van der Waals surface area contributed by atoms with Crippen LogP contribution in [0.4, 0.5) is 0 Å². The Hall–Kier alpha value is -2.21. The highest BCUT2D eigenvalue weighted by atomic mass is 79.9. The van der Waals surface area contributed by atoms with Gasteiger partial charge in [0.2, 0.25) is 5.78 Å². The number of ether oxygens (including phenoxy) is 1. The molecule has 20 heavy (non-hydrogen) atoms. The number of aromatic nitrogens is 3. The molecule has 0 saturated carbocycles. The molecule has 2 aromatic heterocycles. The van der Waals surface area contributed by atoms with Gasteiger partial charge in [0.1, 0.15) is 5.75 Å². The van der Waals surface area contributed by atoms with Crippen molar-refractivity contribution in [3.63, 3.8) is 0 Å². The van der Waals surface area contributed by atoms with Crippen molar-refractivity contribution in [3.8, 4) is 5.75 Å². The van der Waals surface area contributed by atoms with E-state index in [-0.39, 0.29) is 5.69 Å². The number of aryl methyl sites for hydroxylation is 1. The van der Waals surface area contributed by atoms with Crippen LogP contribution in [0.5, 0.6) is 5.75 Å². The molecule has 0 amide bonds. The first-order chi connectivity index (χ1) is 9.63. The van der Waals surface area contributed by atoms with E-state index in [4.69, 9.17) is 4.74 Å². The van der Waals surface area contributed by atoms with Crippen LogP contribution in [-0.2, 0) is 0 Å². The molecule has 0 bridgehead atoms. The van der Waals surface area contributed by atoms with Gasteiger partial charge in [0.15, 0.2) is 5.69 Å². The van der Waals surface area contributed by atoms with Crippen LogP contribution in [0.2, 0.25) is 0 Å². The Labute approximate surface area is 123 Å². The fourth-order valence-electron chi connectivity index (χ4n) is 1.81. The summed E-state index contributed by atoms with van der Waals surface area (Å²) in [5.74, 6) is 0.483. The highest BCUT2D eigenvalue weighted by Crippen LogP contribution is 2.23. The van der Waals surface area contributed by atoms with E-state index in [9.17, 15) is 4.79 Å². The zero-order valence-corrected chi connectivity index (χ0v) is 12.2. The van der Waals surface area contributed by atoms with Crippen molar-refractivity contribution in [1.29, 1.82) is 0 Å². The van der Waals surface area contributed by atoms with E-state index in [1.807, 2.05) is 19.1 Å². The summed E-state index contributed by atoms with van der Waals surface area (Å²) in [5.41, 5.74) is 1.10. The number of esters is 1. The average molecular weight is 332 g/mol. The standard InChI is InChI=1S/C14H10BrN3O2/c1-9-7-10(15)3-4-12(9)20-13(19)11-8-18-6-2-5-16-14(18)17-11/h2-8H,1H3. The number of nitrogens with zero attached hydrogens (tertiary/aromatic N) is 3. The molecule has 0 radical (unpaired) electrons. The van der Waals surface area contributed by atoms with E-state index in [0.717, 1.165) is 10.0 Å². The molecule has 0 saturated heterocycles. The second-order valence-corrected chi connectivity index (χ2v) is 5.17. The van der Waals surface area contributed by atoms with Gasteiger partial charge >= 0.3 is 5.97 Å². The monoisotopic (exact) mass is 331 g/mol. The van der Waals surface area contributed by atoms with Crippen molar-refractivity contribution in [2.45, 2.75) is 6.92 Å². The van der Waals surface area contributed by atoms with E-state index in [1.54, 1.807) is 35.1 Å². The third kappa shape index (κ3) is 2.42. The van der Waals surface area contributed by atoms with Gasteiger partial charge in [-0.1, -0.05) is 15.9 Å². The minimum atomic E-state index is -0.499. The minimum absolute atomic E-state index is 0.228. The van der Waals surface area contributed by atoms with Crippen LogP contribution >= 0.6 is 15.9 Å². The predicted molar refractivity (Wildman–Crippen MR) is 76.8 cm³/mol. The summed E-state index contributed by atoms with van der Waals surface area (Å²) < 4.78 is 7.96. The van der Waals surface area contributed by atoms with E-state index in [0.29, 0.717) is 11.5 Å². The Morgan fingerprint density at radius 2 is 2.25 bits per heavy atom. The van der Waals surface area contributed by atoms with Crippen LogP contribution in [-0.4, -0.2) is 20.3 Å². The molecule has 3 aromatic rings. The number of hydrogen-bond acceptors (Lipinski definition) is 4. The third-order valence-corrected chi connectivity index (χ3v) is 3.28. The number of benzene rings is 1. The number of hydrogen-bond donors (Lipinski definition) is 0. The molecular formula is C14H10BrN3O2. The maximum absolute atomic E-state index is 12.1. The Bertz CT molecular complexity index is 765. The molecule has 0 N–H and O–H groups in total. The van der Waals surface area contributed by atoms with Gasteiger partial charge in [0.05, 0.1) is 0 Å². The van der Waals surface area contributed by atoms with Crippen LogP contribution in [0.15, 0.2) is 47.3 Å². The van der Waals surface area contributed by atoms with Gasteiger partial charge in [0, 0.05) is 23.1 Å². The molecule has 0 aliphatic heterocycles. The Morgan fingerprint density at radius 3 is 3.00 bits per heavy atom. The van der Waals surface area contributed by atoms with Gasteiger partial charge in [-0.15, -0.1) is 0 Å². The van der Waals surface area contributed by atoms with Gasteiger partial charge in [-0.05, 0) is 36.8 Å². The summed E-state index contributed by atoms with van der Waals surface area (Å²) >= 11 is 3.37. The van der Waals surface area contributed by atoms with Gasteiger partial charge in [-0.25, -0.2) is 14.8 Å². The highest BCUT2D eigenvalue weighted by molar-refractivity contribution is 9.10. The molecule has 0 aliphatic carbocycles. The molecule has 1 aromatic carbocycles. The molecule has 0 unspecified atom stereocenters. The van der Waals surface area contributed by atoms with Crippen LogP contribution in [0.1, 0.15) is 16.1 Å². The van der Waals surface area contributed by atoms with Gasteiger partial charge in [-0.3, -0.25) is 4.40 Å². The van der Waals surface area contributed by atoms with Crippen molar-refractivity contribution in [3.05, 3.63) is 58.6 Å². The molecule has 5 nitrogen and oxygen atoms in total. The number of carbonyl (C=O) groups excluding carboxylic acids is 1. The Kier molecular flexibility index (Phi) is 3.23. The van der Waals surface area contributed by atoms with Crippen LogP contribution < -0.4 is 4.74 Å². The maximum Gasteiger partial charge on any atom is 0.364 e. The molecular weight excluding hydrogens is 322 g/mol. The number of imidazole rings is 1.